The van der Waals surface area contributed by atoms with E-state index in [1.165, 1.54) is 6.42 Å². The number of hydrogen-bond acceptors (Lipinski definition) is 2. The van der Waals surface area contributed by atoms with Gasteiger partial charge < -0.3 is 10.1 Å². The third-order valence-corrected chi connectivity index (χ3v) is 1.78. The number of rotatable bonds is 3. The Bertz CT molecular complexity index is 79.3. The maximum atomic E-state index is 5.49. The van der Waals surface area contributed by atoms with Crippen molar-refractivity contribution in [2.24, 2.45) is 0 Å². The lowest BCUT2D eigenvalue weighted by Gasteiger charge is -2.23. The van der Waals surface area contributed by atoms with Crippen LogP contribution in [0.2, 0.25) is 0 Å². The van der Waals surface area contributed by atoms with E-state index in [0.717, 1.165) is 32.5 Å². The average Bonchev–Trinajstić information content (AvgIpc) is 2.03. The molecule has 1 aliphatic rings. The fourth-order valence-electron chi connectivity index (χ4n) is 1.18. The summed E-state index contributed by atoms with van der Waals surface area (Å²) in [5, 5.41) is 3.30. The molecule has 1 N–H and O–H groups in total. The maximum Gasteiger partial charge on any atom is 0.0700 e. The highest BCUT2D eigenvalue weighted by atomic mass is 16.5. The zero-order valence-corrected chi connectivity index (χ0v) is 6.44. The first kappa shape index (κ1) is 8.02. The molecule has 0 aromatic heterocycles. The monoisotopic (exact) mass is 142 g/mol. The van der Waals surface area contributed by atoms with Crippen LogP contribution in [0.4, 0.5) is 0 Å². The van der Waals surface area contributed by atoms with Gasteiger partial charge in [-0.2, -0.15) is 0 Å². The van der Waals surface area contributed by atoms with Gasteiger partial charge in [-0.25, -0.2) is 0 Å². The Labute approximate surface area is 63.0 Å². The highest BCUT2D eigenvalue weighted by Crippen LogP contribution is 2.05. The van der Waals surface area contributed by atoms with Gasteiger partial charge in [-0.1, -0.05) is 19.8 Å². The van der Waals surface area contributed by atoms with Crippen molar-refractivity contribution in [3.63, 3.8) is 0 Å². The van der Waals surface area contributed by atoms with E-state index in [9.17, 15) is 0 Å². The highest BCUT2D eigenvalue weighted by Gasteiger charge is 2.11. The van der Waals surface area contributed by atoms with Gasteiger partial charge in [0.2, 0.25) is 0 Å². The average molecular weight is 142 g/mol. The molecule has 1 rings (SSSR count). The van der Waals surface area contributed by atoms with Crippen LogP contribution in [-0.4, -0.2) is 25.8 Å². The summed E-state index contributed by atoms with van der Waals surface area (Å²) in [5.74, 6) is 0. The fourth-order valence-corrected chi connectivity index (χ4v) is 1.18. The molecule has 0 aromatic rings. The SMILES string of the molecule is [CH2]CCCC1CNCCO1. The number of morpholine rings is 1. The second-order valence-corrected chi connectivity index (χ2v) is 2.69. The van der Waals surface area contributed by atoms with Crippen LogP contribution in [0.3, 0.4) is 0 Å². The van der Waals surface area contributed by atoms with Gasteiger partial charge in [-0.3, -0.25) is 0 Å². The summed E-state index contributed by atoms with van der Waals surface area (Å²) in [7, 11) is 0. The summed E-state index contributed by atoms with van der Waals surface area (Å²) < 4.78 is 5.49. The van der Waals surface area contributed by atoms with Crippen LogP contribution in [0.5, 0.6) is 0 Å². The summed E-state index contributed by atoms with van der Waals surface area (Å²) in [4.78, 5) is 0. The van der Waals surface area contributed by atoms with Gasteiger partial charge in [-0.05, 0) is 6.42 Å². The molecule has 0 aromatic carbocycles. The molecule has 1 saturated heterocycles. The minimum Gasteiger partial charge on any atom is -0.376 e. The van der Waals surface area contributed by atoms with Gasteiger partial charge >= 0.3 is 0 Å². The van der Waals surface area contributed by atoms with Crippen molar-refractivity contribution in [2.75, 3.05) is 19.7 Å². The Balaban J connectivity index is 2.02. The second-order valence-electron chi connectivity index (χ2n) is 2.69. The fraction of sp³-hybridized carbons (Fsp3) is 0.875. The molecule has 2 heteroatoms. The van der Waals surface area contributed by atoms with Crippen LogP contribution in [0.25, 0.3) is 0 Å². The largest absolute Gasteiger partial charge is 0.376 e. The molecule has 1 radical (unpaired) electrons. The van der Waals surface area contributed by atoms with Gasteiger partial charge in [0.15, 0.2) is 0 Å². The summed E-state index contributed by atoms with van der Waals surface area (Å²) >= 11 is 0. The number of nitrogens with one attached hydrogen (secondary N) is 1. The summed E-state index contributed by atoms with van der Waals surface area (Å²) in [6.07, 6.45) is 3.83. The minimum atomic E-state index is 0.454. The first-order valence-corrected chi connectivity index (χ1v) is 4.05. The van der Waals surface area contributed by atoms with Crippen LogP contribution in [0.15, 0.2) is 0 Å². The zero-order chi connectivity index (χ0) is 7.23. The van der Waals surface area contributed by atoms with Gasteiger partial charge in [0.1, 0.15) is 0 Å². The lowest BCUT2D eigenvalue weighted by atomic mass is 10.1. The van der Waals surface area contributed by atoms with Crippen molar-refractivity contribution in [3.05, 3.63) is 6.92 Å². The van der Waals surface area contributed by atoms with Crippen molar-refractivity contribution >= 4 is 0 Å². The van der Waals surface area contributed by atoms with Crippen LogP contribution < -0.4 is 5.32 Å². The molecule has 1 heterocycles. The van der Waals surface area contributed by atoms with Crippen molar-refractivity contribution in [2.45, 2.75) is 25.4 Å². The van der Waals surface area contributed by atoms with E-state index in [4.69, 9.17) is 4.74 Å². The predicted molar refractivity (Wildman–Crippen MR) is 41.8 cm³/mol. The van der Waals surface area contributed by atoms with Crippen molar-refractivity contribution in [1.82, 2.24) is 5.32 Å². The Kier molecular flexibility index (Phi) is 3.76. The molecule has 59 valence electrons. The third-order valence-electron chi connectivity index (χ3n) is 1.78. The molecule has 2 nitrogen and oxygen atoms in total. The predicted octanol–water partition coefficient (Wildman–Crippen LogP) is 0.979. The number of ether oxygens (including phenoxy) is 1. The Hall–Kier alpha value is -0.0800. The van der Waals surface area contributed by atoms with E-state index in [1.807, 2.05) is 0 Å². The molecule has 0 aliphatic carbocycles. The van der Waals surface area contributed by atoms with E-state index in [0.29, 0.717) is 6.10 Å². The molecule has 0 saturated carbocycles. The molecule has 1 unspecified atom stereocenters. The molecule has 10 heavy (non-hydrogen) atoms. The van der Waals surface area contributed by atoms with E-state index >= 15 is 0 Å². The first-order chi connectivity index (χ1) is 4.93. The standard InChI is InChI=1S/C8H16NO/c1-2-3-4-8-7-9-5-6-10-8/h8-9H,1-7H2. The minimum absolute atomic E-state index is 0.454. The molecular formula is C8H16NO. The summed E-state index contributed by atoms with van der Waals surface area (Å²) in [5.41, 5.74) is 0. The van der Waals surface area contributed by atoms with Crippen LogP contribution >= 0.6 is 0 Å². The lowest BCUT2D eigenvalue weighted by molar-refractivity contribution is 0.0226. The van der Waals surface area contributed by atoms with Crippen LogP contribution in [0, 0.1) is 6.92 Å². The maximum absolute atomic E-state index is 5.49. The summed E-state index contributed by atoms with van der Waals surface area (Å²) in [6.45, 7) is 6.71. The molecule has 0 spiro atoms. The number of hydrogen-bond donors (Lipinski definition) is 1. The molecule has 0 bridgehead atoms. The Morgan fingerprint density at radius 1 is 1.60 bits per heavy atom. The van der Waals surface area contributed by atoms with Gasteiger partial charge in [0.25, 0.3) is 0 Å². The van der Waals surface area contributed by atoms with Gasteiger partial charge in [0, 0.05) is 13.1 Å². The van der Waals surface area contributed by atoms with E-state index in [1.54, 1.807) is 0 Å². The smallest absolute Gasteiger partial charge is 0.0700 e. The molecule has 1 fully saturated rings. The van der Waals surface area contributed by atoms with Crippen molar-refractivity contribution < 1.29 is 4.74 Å². The summed E-state index contributed by atoms with van der Waals surface area (Å²) in [6, 6.07) is 0. The van der Waals surface area contributed by atoms with Crippen LogP contribution in [0.1, 0.15) is 19.3 Å². The molecular weight excluding hydrogens is 126 g/mol. The van der Waals surface area contributed by atoms with Crippen LogP contribution in [-0.2, 0) is 4.74 Å². The van der Waals surface area contributed by atoms with Crippen molar-refractivity contribution in [3.8, 4) is 0 Å². The first-order valence-electron chi connectivity index (χ1n) is 4.05. The van der Waals surface area contributed by atoms with E-state index in [2.05, 4.69) is 12.2 Å². The van der Waals surface area contributed by atoms with E-state index < -0.39 is 0 Å². The Morgan fingerprint density at radius 2 is 2.50 bits per heavy atom. The number of unbranched alkanes of at least 4 members (excludes halogenated alkanes) is 1. The van der Waals surface area contributed by atoms with Gasteiger partial charge in [0.05, 0.1) is 12.7 Å². The molecule has 0 amide bonds. The lowest BCUT2D eigenvalue weighted by Crippen LogP contribution is -2.38. The highest BCUT2D eigenvalue weighted by molar-refractivity contribution is 4.66. The van der Waals surface area contributed by atoms with E-state index in [-0.39, 0.29) is 0 Å². The van der Waals surface area contributed by atoms with Gasteiger partial charge in [-0.15, -0.1) is 0 Å². The molecule has 1 aliphatic heterocycles. The quantitative estimate of drug-likeness (QED) is 0.634. The van der Waals surface area contributed by atoms with Crippen molar-refractivity contribution in [1.29, 1.82) is 0 Å². The molecule has 1 atom stereocenters. The normalized spacial score (nSPS) is 26.7. The third kappa shape index (κ3) is 2.67. The second kappa shape index (κ2) is 4.69. The zero-order valence-electron chi connectivity index (χ0n) is 6.44. The Morgan fingerprint density at radius 3 is 3.10 bits per heavy atom. The topological polar surface area (TPSA) is 21.3 Å².